The highest BCUT2D eigenvalue weighted by Gasteiger charge is 2.14. The van der Waals surface area contributed by atoms with Crippen molar-refractivity contribution >= 4 is 18.1 Å². The number of unbranched alkanes of at least 4 members (excludes halogenated alkanes) is 1. The molecule has 0 saturated carbocycles. The third-order valence-corrected chi connectivity index (χ3v) is 3.87. The Morgan fingerprint density at radius 2 is 2.12 bits per heavy atom. The first-order valence-electron chi connectivity index (χ1n) is 8.08. The molecule has 24 heavy (non-hydrogen) atoms. The lowest BCUT2D eigenvalue weighted by Crippen LogP contribution is -2.11. The number of anilines is 2. The van der Waals surface area contributed by atoms with Crippen molar-refractivity contribution in [3.63, 3.8) is 0 Å². The maximum absolute atomic E-state index is 10.9. The monoisotopic (exact) mass is 328 g/mol. The molecular weight excluding hydrogens is 304 g/mol. The lowest BCUT2D eigenvalue weighted by molar-refractivity contribution is 0.112. The van der Waals surface area contributed by atoms with Gasteiger partial charge in [0, 0.05) is 29.8 Å². The number of carbonyl (C=O) groups excluding carboxylic acids is 1. The average molecular weight is 328 g/mol. The number of aryl methyl sites for hydroxylation is 1. The van der Waals surface area contributed by atoms with Gasteiger partial charge in [-0.15, -0.1) is 0 Å². The van der Waals surface area contributed by atoms with Gasteiger partial charge in [-0.05, 0) is 25.0 Å². The zero-order valence-corrected chi connectivity index (χ0v) is 14.4. The summed E-state index contributed by atoms with van der Waals surface area (Å²) in [5.74, 6) is 1.70. The predicted octanol–water partition coefficient (Wildman–Crippen LogP) is 2.99. The van der Waals surface area contributed by atoms with E-state index in [9.17, 15) is 4.79 Å². The van der Waals surface area contributed by atoms with Gasteiger partial charge in [-0.1, -0.05) is 25.5 Å². The maximum atomic E-state index is 10.9. The fraction of sp³-hybridized carbons (Fsp3) is 0.389. The topological polar surface area (TPSA) is 90.1 Å². The highest BCUT2D eigenvalue weighted by atomic mass is 16.5. The molecule has 0 fully saturated rings. The zero-order valence-electron chi connectivity index (χ0n) is 14.4. The molecular formula is C18H24N4O2. The van der Waals surface area contributed by atoms with Crippen LogP contribution >= 0.6 is 0 Å². The van der Waals surface area contributed by atoms with E-state index in [1.807, 2.05) is 13.0 Å². The van der Waals surface area contributed by atoms with E-state index in [4.69, 9.17) is 10.5 Å². The van der Waals surface area contributed by atoms with Crippen molar-refractivity contribution in [1.29, 1.82) is 0 Å². The van der Waals surface area contributed by atoms with E-state index in [-0.39, 0.29) is 5.95 Å². The summed E-state index contributed by atoms with van der Waals surface area (Å²) in [6, 6.07) is 5.41. The molecule has 0 unspecified atom stereocenters. The molecule has 1 aromatic heterocycles. The fourth-order valence-electron chi connectivity index (χ4n) is 2.53. The van der Waals surface area contributed by atoms with Crippen molar-refractivity contribution in [2.75, 3.05) is 24.7 Å². The van der Waals surface area contributed by atoms with Crippen LogP contribution in [0, 0.1) is 6.92 Å². The minimum absolute atomic E-state index is 0.263. The van der Waals surface area contributed by atoms with Gasteiger partial charge in [-0.25, -0.2) is 4.98 Å². The number of ether oxygens (including phenoxy) is 1. The molecule has 0 atom stereocenters. The largest absolute Gasteiger partial charge is 0.496 e. The van der Waals surface area contributed by atoms with Crippen molar-refractivity contribution in [3.05, 3.63) is 40.6 Å². The third-order valence-electron chi connectivity index (χ3n) is 3.87. The van der Waals surface area contributed by atoms with E-state index in [2.05, 4.69) is 22.2 Å². The maximum Gasteiger partial charge on any atom is 0.222 e. The summed E-state index contributed by atoms with van der Waals surface area (Å²) in [6.07, 6.45) is 3.56. The van der Waals surface area contributed by atoms with Gasteiger partial charge in [-0.2, -0.15) is 4.98 Å². The smallest absolute Gasteiger partial charge is 0.222 e. The summed E-state index contributed by atoms with van der Waals surface area (Å²) in [4.78, 5) is 19.6. The normalized spacial score (nSPS) is 10.5. The average Bonchev–Trinajstić information content (AvgIpc) is 2.58. The van der Waals surface area contributed by atoms with Gasteiger partial charge in [0.1, 0.15) is 17.9 Å². The lowest BCUT2D eigenvalue weighted by Gasteiger charge is -2.15. The number of nitrogens with one attached hydrogen (secondary N) is 1. The quantitative estimate of drug-likeness (QED) is 0.572. The highest BCUT2D eigenvalue weighted by molar-refractivity contribution is 5.76. The molecule has 6 heteroatoms. The van der Waals surface area contributed by atoms with Crippen molar-refractivity contribution < 1.29 is 9.53 Å². The van der Waals surface area contributed by atoms with Crippen LogP contribution in [-0.4, -0.2) is 29.9 Å². The Labute approximate surface area is 142 Å². The van der Waals surface area contributed by atoms with Crippen LogP contribution in [-0.2, 0) is 6.42 Å². The SMILES string of the molecule is CCCCNc1nc(N)nc(C)c1Cc1ccc(C=O)cc1OC. The molecule has 2 rings (SSSR count). The van der Waals surface area contributed by atoms with E-state index in [1.54, 1.807) is 19.2 Å². The first kappa shape index (κ1) is 17.7. The molecule has 3 N–H and O–H groups in total. The van der Waals surface area contributed by atoms with Crippen LogP contribution in [0.4, 0.5) is 11.8 Å². The molecule has 0 radical (unpaired) electrons. The number of benzene rings is 1. The number of methoxy groups -OCH3 is 1. The molecule has 0 aliphatic heterocycles. The van der Waals surface area contributed by atoms with Crippen molar-refractivity contribution in [1.82, 2.24) is 9.97 Å². The molecule has 1 heterocycles. The Hall–Kier alpha value is -2.63. The summed E-state index contributed by atoms with van der Waals surface area (Å²) >= 11 is 0. The van der Waals surface area contributed by atoms with E-state index in [0.717, 1.165) is 48.3 Å². The minimum Gasteiger partial charge on any atom is -0.496 e. The van der Waals surface area contributed by atoms with Crippen LogP contribution in [0.1, 0.15) is 46.9 Å². The summed E-state index contributed by atoms with van der Waals surface area (Å²) < 4.78 is 5.42. The Kier molecular flexibility index (Phi) is 6.12. The second-order valence-corrected chi connectivity index (χ2v) is 5.64. The predicted molar refractivity (Wildman–Crippen MR) is 95.8 cm³/mol. The number of aromatic nitrogens is 2. The molecule has 0 aliphatic rings. The minimum atomic E-state index is 0.263. The number of hydrogen-bond donors (Lipinski definition) is 2. The summed E-state index contributed by atoms with van der Waals surface area (Å²) in [5, 5.41) is 3.35. The van der Waals surface area contributed by atoms with Crippen LogP contribution in [0.15, 0.2) is 18.2 Å². The van der Waals surface area contributed by atoms with Crippen LogP contribution in [0.3, 0.4) is 0 Å². The van der Waals surface area contributed by atoms with Crippen molar-refractivity contribution in [3.8, 4) is 5.75 Å². The number of aldehydes is 1. The molecule has 0 amide bonds. The molecule has 0 bridgehead atoms. The second-order valence-electron chi connectivity index (χ2n) is 5.64. The highest BCUT2D eigenvalue weighted by Crippen LogP contribution is 2.27. The molecule has 0 aliphatic carbocycles. The van der Waals surface area contributed by atoms with Gasteiger partial charge in [0.15, 0.2) is 0 Å². The molecule has 2 aromatic rings. The number of hydrogen-bond acceptors (Lipinski definition) is 6. The number of nitrogens with two attached hydrogens (primary N) is 1. The molecule has 1 aromatic carbocycles. The molecule has 0 spiro atoms. The first-order valence-corrected chi connectivity index (χ1v) is 8.08. The molecule has 128 valence electrons. The zero-order chi connectivity index (χ0) is 17.5. The summed E-state index contributed by atoms with van der Waals surface area (Å²) in [5.41, 5.74) is 9.17. The fourth-order valence-corrected chi connectivity index (χ4v) is 2.53. The Morgan fingerprint density at radius 3 is 2.79 bits per heavy atom. The first-order chi connectivity index (χ1) is 11.6. The molecule has 0 saturated heterocycles. The van der Waals surface area contributed by atoms with E-state index in [1.165, 1.54) is 0 Å². The molecule has 6 nitrogen and oxygen atoms in total. The third kappa shape index (κ3) is 4.22. The number of nitrogens with zero attached hydrogens (tertiary/aromatic N) is 2. The van der Waals surface area contributed by atoms with Crippen molar-refractivity contribution in [2.45, 2.75) is 33.1 Å². The van der Waals surface area contributed by atoms with Crippen molar-refractivity contribution in [2.24, 2.45) is 0 Å². The van der Waals surface area contributed by atoms with E-state index in [0.29, 0.717) is 17.7 Å². The van der Waals surface area contributed by atoms with Gasteiger partial charge < -0.3 is 15.8 Å². The second kappa shape index (κ2) is 8.29. The number of rotatable bonds is 8. The Balaban J connectivity index is 2.36. The van der Waals surface area contributed by atoms with Crippen LogP contribution < -0.4 is 15.8 Å². The van der Waals surface area contributed by atoms with Crippen LogP contribution in [0.2, 0.25) is 0 Å². The van der Waals surface area contributed by atoms with E-state index < -0.39 is 0 Å². The van der Waals surface area contributed by atoms with Gasteiger partial charge >= 0.3 is 0 Å². The standard InChI is InChI=1S/C18H24N4O2/c1-4-5-8-20-17-15(12(2)21-18(19)22-17)10-14-7-6-13(11-23)9-16(14)24-3/h6-7,9,11H,4-5,8,10H2,1-3H3,(H3,19,20,21,22). The Morgan fingerprint density at radius 1 is 1.33 bits per heavy atom. The van der Waals surface area contributed by atoms with Crippen LogP contribution in [0.25, 0.3) is 0 Å². The Bertz CT molecular complexity index is 716. The van der Waals surface area contributed by atoms with Gasteiger partial charge in [0.05, 0.1) is 7.11 Å². The number of carbonyl (C=O) groups is 1. The lowest BCUT2D eigenvalue weighted by atomic mass is 10.0. The van der Waals surface area contributed by atoms with Gasteiger partial charge in [-0.3, -0.25) is 4.79 Å². The van der Waals surface area contributed by atoms with E-state index >= 15 is 0 Å². The van der Waals surface area contributed by atoms with Gasteiger partial charge in [0.2, 0.25) is 5.95 Å². The van der Waals surface area contributed by atoms with Crippen LogP contribution in [0.5, 0.6) is 5.75 Å². The summed E-state index contributed by atoms with van der Waals surface area (Å²) in [7, 11) is 1.60. The van der Waals surface area contributed by atoms with Gasteiger partial charge in [0.25, 0.3) is 0 Å². The summed E-state index contributed by atoms with van der Waals surface area (Å²) in [6.45, 7) is 4.90. The number of nitrogen functional groups attached to an aromatic ring is 1.